The molecule has 0 spiro atoms. The number of benzene rings is 2. The SMILES string of the molecule is CC(C)c1ccc(S(=O)(=O)N(c2ccc(N)cc2)[C@H]2CS(=O)(=O)C[C@H]2O)cc1. The summed E-state index contributed by atoms with van der Waals surface area (Å²) >= 11 is 0. The number of nitrogen functional groups attached to an aromatic ring is 1. The Morgan fingerprint density at radius 3 is 2.07 bits per heavy atom. The Kier molecular flexibility index (Phi) is 5.44. The third-order valence-electron chi connectivity index (χ3n) is 4.85. The summed E-state index contributed by atoms with van der Waals surface area (Å²) in [5, 5.41) is 10.3. The van der Waals surface area contributed by atoms with E-state index in [4.69, 9.17) is 5.73 Å². The molecule has 2 atom stereocenters. The molecule has 9 heteroatoms. The van der Waals surface area contributed by atoms with Gasteiger partial charge in [0, 0.05) is 5.69 Å². The fourth-order valence-electron chi connectivity index (χ4n) is 3.30. The van der Waals surface area contributed by atoms with E-state index in [0.29, 0.717) is 5.69 Å². The van der Waals surface area contributed by atoms with Crippen LogP contribution in [0.5, 0.6) is 0 Å². The van der Waals surface area contributed by atoms with Crippen LogP contribution in [0.1, 0.15) is 25.3 Å². The maximum atomic E-state index is 13.4. The maximum absolute atomic E-state index is 13.4. The number of aliphatic hydroxyl groups excluding tert-OH is 1. The van der Waals surface area contributed by atoms with Gasteiger partial charge in [-0.3, -0.25) is 4.31 Å². The van der Waals surface area contributed by atoms with Crippen molar-refractivity contribution >= 4 is 31.2 Å². The van der Waals surface area contributed by atoms with Gasteiger partial charge in [-0.15, -0.1) is 0 Å². The molecule has 3 rings (SSSR count). The molecule has 2 aromatic carbocycles. The Balaban J connectivity index is 2.11. The average molecular weight is 425 g/mol. The molecule has 1 heterocycles. The predicted molar refractivity (Wildman–Crippen MR) is 109 cm³/mol. The highest BCUT2D eigenvalue weighted by Gasteiger charge is 2.45. The molecule has 0 aromatic heterocycles. The van der Waals surface area contributed by atoms with E-state index in [1.807, 2.05) is 13.8 Å². The van der Waals surface area contributed by atoms with Crippen LogP contribution in [0.15, 0.2) is 53.4 Å². The molecule has 28 heavy (non-hydrogen) atoms. The number of sulfone groups is 1. The minimum atomic E-state index is -4.11. The van der Waals surface area contributed by atoms with Crippen LogP contribution in [0.3, 0.4) is 0 Å². The van der Waals surface area contributed by atoms with Gasteiger partial charge in [0.1, 0.15) is 0 Å². The summed E-state index contributed by atoms with van der Waals surface area (Å²) < 4.78 is 51.9. The number of aliphatic hydroxyl groups is 1. The first-order chi connectivity index (χ1) is 13.0. The number of rotatable bonds is 5. The smallest absolute Gasteiger partial charge is 0.264 e. The van der Waals surface area contributed by atoms with Gasteiger partial charge < -0.3 is 10.8 Å². The quantitative estimate of drug-likeness (QED) is 0.706. The standard InChI is InChI=1S/C19H24N2O5S2/c1-13(2)14-3-9-17(10-4-14)28(25,26)21(16-7-5-15(20)6-8-16)18-11-27(23,24)12-19(18)22/h3-10,13,18-19,22H,11-12,20H2,1-2H3/t18-,19+/m0/s1. The normalized spacial score (nSPS) is 21.7. The molecule has 0 radical (unpaired) electrons. The van der Waals surface area contributed by atoms with Crippen LogP contribution in [-0.2, 0) is 19.9 Å². The van der Waals surface area contributed by atoms with Crippen molar-refractivity contribution in [3.63, 3.8) is 0 Å². The molecule has 1 fully saturated rings. The number of hydrogen-bond acceptors (Lipinski definition) is 6. The van der Waals surface area contributed by atoms with Gasteiger partial charge in [-0.05, 0) is 47.9 Å². The first kappa shape index (κ1) is 20.6. The van der Waals surface area contributed by atoms with E-state index in [2.05, 4.69) is 0 Å². The van der Waals surface area contributed by atoms with Crippen LogP contribution < -0.4 is 10.0 Å². The van der Waals surface area contributed by atoms with Gasteiger partial charge in [0.25, 0.3) is 10.0 Å². The lowest BCUT2D eigenvalue weighted by molar-refractivity contribution is 0.184. The van der Waals surface area contributed by atoms with Crippen molar-refractivity contribution in [1.82, 2.24) is 0 Å². The first-order valence-corrected chi connectivity index (χ1v) is 12.2. The van der Waals surface area contributed by atoms with E-state index >= 15 is 0 Å². The van der Waals surface area contributed by atoms with Gasteiger partial charge in [0.05, 0.1) is 34.2 Å². The molecule has 2 aromatic rings. The molecule has 0 saturated carbocycles. The van der Waals surface area contributed by atoms with Crippen molar-refractivity contribution < 1.29 is 21.9 Å². The van der Waals surface area contributed by atoms with Crippen molar-refractivity contribution in [3.8, 4) is 0 Å². The van der Waals surface area contributed by atoms with Crippen molar-refractivity contribution in [1.29, 1.82) is 0 Å². The molecule has 152 valence electrons. The predicted octanol–water partition coefficient (Wildman–Crippen LogP) is 1.75. The molecule has 0 amide bonds. The van der Waals surface area contributed by atoms with Crippen molar-refractivity contribution in [3.05, 3.63) is 54.1 Å². The topological polar surface area (TPSA) is 118 Å². The van der Waals surface area contributed by atoms with Crippen LogP contribution in [-0.4, -0.2) is 45.6 Å². The van der Waals surface area contributed by atoms with Crippen LogP contribution in [0.25, 0.3) is 0 Å². The largest absolute Gasteiger partial charge is 0.399 e. The Bertz CT molecular complexity index is 1050. The fourth-order valence-corrected chi connectivity index (χ4v) is 6.84. The summed E-state index contributed by atoms with van der Waals surface area (Å²) in [5.74, 6) is -0.668. The zero-order valence-corrected chi connectivity index (χ0v) is 17.3. The molecule has 1 aliphatic heterocycles. The molecule has 0 bridgehead atoms. The van der Waals surface area contributed by atoms with Gasteiger partial charge in [-0.1, -0.05) is 26.0 Å². The number of sulfonamides is 1. The summed E-state index contributed by atoms with van der Waals surface area (Å²) in [5.41, 5.74) is 7.39. The molecule has 3 N–H and O–H groups in total. The van der Waals surface area contributed by atoms with Gasteiger partial charge in [0.2, 0.25) is 0 Å². The van der Waals surface area contributed by atoms with Crippen LogP contribution in [0.4, 0.5) is 11.4 Å². The molecule has 0 aliphatic carbocycles. The third kappa shape index (κ3) is 4.01. The van der Waals surface area contributed by atoms with Crippen molar-refractivity contribution in [2.75, 3.05) is 21.5 Å². The average Bonchev–Trinajstić information content (AvgIpc) is 2.89. The Morgan fingerprint density at radius 1 is 1.04 bits per heavy atom. The zero-order valence-electron chi connectivity index (χ0n) is 15.7. The number of nitrogens with zero attached hydrogens (tertiary/aromatic N) is 1. The highest BCUT2D eigenvalue weighted by atomic mass is 32.2. The zero-order chi connectivity index (χ0) is 20.7. The van der Waals surface area contributed by atoms with E-state index in [1.165, 1.54) is 36.4 Å². The fraction of sp³-hybridized carbons (Fsp3) is 0.368. The first-order valence-electron chi connectivity index (χ1n) is 8.90. The summed E-state index contributed by atoms with van der Waals surface area (Å²) in [6.07, 6.45) is -1.31. The summed E-state index contributed by atoms with van der Waals surface area (Å²) in [4.78, 5) is 0.0326. The lowest BCUT2D eigenvalue weighted by atomic mass is 10.0. The van der Waals surface area contributed by atoms with Crippen LogP contribution in [0.2, 0.25) is 0 Å². The lowest BCUT2D eigenvalue weighted by Gasteiger charge is -2.31. The van der Waals surface area contributed by atoms with Gasteiger partial charge >= 0.3 is 0 Å². The van der Waals surface area contributed by atoms with Gasteiger partial charge in [0.15, 0.2) is 9.84 Å². The molecular weight excluding hydrogens is 400 g/mol. The lowest BCUT2D eigenvalue weighted by Crippen LogP contribution is -2.47. The Labute approximate surface area is 165 Å². The third-order valence-corrected chi connectivity index (χ3v) is 8.41. The van der Waals surface area contributed by atoms with E-state index in [0.717, 1.165) is 9.87 Å². The van der Waals surface area contributed by atoms with E-state index in [9.17, 15) is 21.9 Å². The Morgan fingerprint density at radius 2 is 1.61 bits per heavy atom. The monoisotopic (exact) mass is 424 g/mol. The van der Waals surface area contributed by atoms with Crippen molar-refractivity contribution in [2.45, 2.75) is 36.8 Å². The Hall–Kier alpha value is -2.10. The number of hydrogen-bond donors (Lipinski definition) is 2. The highest BCUT2D eigenvalue weighted by Crippen LogP contribution is 2.32. The minimum Gasteiger partial charge on any atom is -0.399 e. The number of nitrogens with two attached hydrogens (primary N) is 1. The van der Waals surface area contributed by atoms with E-state index in [-0.39, 0.29) is 16.5 Å². The van der Waals surface area contributed by atoms with E-state index in [1.54, 1.807) is 12.1 Å². The summed E-state index contributed by atoms with van der Waals surface area (Å²) in [6, 6.07) is 11.5. The maximum Gasteiger partial charge on any atom is 0.264 e. The second-order valence-corrected chi connectivity index (χ2v) is 11.3. The second kappa shape index (κ2) is 7.38. The van der Waals surface area contributed by atoms with Crippen LogP contribution in [0, 0.1) is 0 Å². The summed E-state index contributed by atoms with van der Waals surface area (Å²) in [6.45, 7) is 4.01. The molecular formula is C19H24N2O5S2. The van der Waals surface area contributed by atoms with E-state index < -0.39 is 43.5 Å². The molecule has 7 nitrogen and oxygen atoms in total. The second-order valence-electron chi connectivity index (χ2n) is 7.33. The molecule has 1 saturated heterocycles. The molecule has 1 aliphatic rings. The highest BCUT2D eigenvalue weighted by molar-refractivity contribution is 7.93. The minimum absolute atomic E-state index is 0.0326. The number of anilines is 2. The van der Waals surface area contributed by atoms with Crippen molar-refractivity contribution in [2.24, 2.45) is 0 Å². The van der Waals surface area contributed by atoms with Gasteiger partial charge in [-0.25, -0.2) is 16.8 Å². The van der Waals surface area contributed by atoms with Gasteiger partial charge in [-0.2, -0.15) is 0 Å². The van der Waals surface area contributed by atoms with Crippen LogP contribution >= 0.6 is 0 Å². The summed E-state index contributed by atoms with van der Waals surface area (Å²) in [7, 11) is -7.65. The molecule has 0 unspecified atom stereocenters.